The summed E-state index contributed by atoms with van der Waals surface area (Å²) in [6, 6.07) is 10.1. The molecule has 2 rings (SSSR count). The predicted octanol–water partition coefficient (Wildman–Crippen LogP) is 4.68. The molecule has 104 valence electrons. The normalized spacial score (nSPS) is 10.4. The monoisotopic (exact) mass is 336 g/mol. The van der Waals surface area contributed by atoms with Gasteiger partial charge in [-0.2, -0.15) is 0 Å². The number of aryl methyl sites for hydroxylation is 1. The molecular weight excluding hydrogens is 323 g/mol. The molecule has 0 amide bonds. The van der Waals surface area contributed by atoms with Crippen molar-refractivity contribution in [2.45, 2.75) is 20.5 Å². The van der Waals surface area contributed by atoms with Crippen LogP contribution in [-0.4, -0.2) is 5.78 Å². The van der Waals surface area contributed by atoms with Gasteiger partial charge in [-0.3, -0.25) is 4.79 Å². The number of hydrogen-bond acceptors (Lipinski definition) is 2. The number of carbonyl (C=O) groups excluding carboxylic acids is 1. The Morgan fingerprint density at radius 3 is 2.60 bits per heavy atom. The van der Waals surface area contributed by atoms with Crippen LogP contribution >= 0.6 is 15.9 Å². The second-order valence-electron chi connectivity index (χ2n) is 4.56. The first kappa shape index (κ1) is 14.7. The number of Topliss-reactive ketones (excluding diaryl/α,β-unsaturated/α-hetero) is 1. The molecule has 0 saturated heterocycles. The minimum atomic E-state index is -0.308. The molecule has 0 aliphatic heterocycles. The molecule has 20 heavy (non-hydrogen) atoms. The van der Waals surface area contributed by atoms with Gasteiger partial charge in [0.15, 0.2) is 5.78 Å². The van der Waals surface area contributed by atoms with E-state index in [1.165, 1.54) is 13.0 Å². The molecule has 2 nitrogen and oxygen atoms in total. The summed E-state index contributed by atoms with van der Waals surface area (Å²) in [6.07, 6.45) is 0. The van der Waals surface area contributed by atoms with E-state index in [1.807, 2.05) is 6.92 Å². The molecule has 2 aromatic rings. The van der Waals surface area contributed by atoms with Crippen molar-refractivity contribution < 1.29 is 13.9 Å². The molecule has 4 heteroatoms. The molecule has 0 aromatic heterocycles. The summed E-state index contributed by atoms with van der Waals surface area (Å²) in [6.45, 7) is 3.53. The van der Waals surface area contributed by atoms with E-state index < -0.39 is 0 Å². The lowest BCUT2D eigenvalue weighted by Crippen LogP contribution is -2.01. The molecule has 0 aliphatic rings. The van der Waals surface area contributed by atoms with E-state index in [2.05, 4.69) is 15.9 Å². The topological polar surface area (TPSA) is 26.3 Å². The SMILES string of the molecule is CC(=O)c1ccc(OCc2ccc(Br)cc2F)c(C)c1. The van der Waals surface area contributed by atoms with Crippen LogP contribution in [0.5, 0.6) is 5.75 Å². The standard InChI is InChI=1S/C16H14BrFO2/c1-10-7-12(11(2)19)4-6-16(10)20-9-13-3-5-14(17)8-15(13)18/h3-8H,9H2,1-2H3. The maximum atomic E-state index is 13.7. The van der Waals surface area contributed by atoms with Crippen LogP contribution in [0.25, 0.3) is 0 Å². The highest BCUT2D eigenvalue weighted by atomic mass is 79.9. The summed E-state index contributed by atoms with van der Waals surface area (Å²) in [7, 11) is 0. The summed E-state index contributed by atoms with van der Waals surface area (Å²) in [5.41, 5.74) is 1.99. The average Bonchev–Trinajstić information content (AvgIpc) is 2.38. The summed E-state index contributed by atoms with van der Waals surface area (Å²) >= 11 is 3.21. The van der Waals surface area contributed by atoms with Crippen LogP contribution in [-0.2, 0) is 6.61 Å². The van der Waals surface area contributed by atoms with E-state index in [4.69, 9.17) is 4.74 Å². The van der Waals surface area contributed by atoms with Crippen molar-refractivity contribution in [3.63, 3.8) is 0 Å². The zero-order valence-corrected chi connectivity index (χ0v) is 12.8. The highest BCUT2D eigenvalue weighted by Gasteiger charge is 2.07. The Kier molecular flexibility index (Phi) is 4.55. The molecule has 0 aliphatic carbocycles. The van der Waals surface area contributed by atoms with E-state index in [-0.39, 0.29) is 18.2 Å². The summed E-state index contributed by atoms with van der Waals surface area (Å²) < 4.78 is 20.0. The highest BCUT2D eigenvalue weighted by molar-refractivity contribution is 9.10. The van der Waals surface area contributed by atoms with Gasteiger partial charge >= 0.3 is 0 Å². The first-order chi connectivity index (χ1) is 9.47. The zero-order valence-electron chi connectivity index (χ0n) is 11.2. The van der Waals surface area contributed by atoms with Crippen molar-refractivity contribution in [2.24, 2.45) is 0 Å². The van der Waals surface area contributed by atoms with Crippen molar-refractivity contribution in [2.75, 3.05) is 0 Å². The number of ketones is 1. The van der Waals surface area contributed by atoms with Gasteiger partial charge in [-0.25, -0.2) is 4.39 Å². The molecule has 0 spiro atoms. The van der Waals surface area contributed by atoms with Crippen LogP contribution < -0.4 is 4.74 Å². The highest BCUT2D eigenvalue weighted by Crippen LogP contribution is 2.22. The number of carbonyl (C=O) groups is 1. The lowest BCUT2D eigenvalue weighted by molar-refractivity contribution is 0.101. The van der Waals surface area contributed by atoms with Gasteiger partial charge in [-0.15, -0.1) is 0 Å². The Labute approximate surface area is 125 Å². The Morgan fingerprint density at radius 1 is 1.25 bits per heavy atom. The van der Waals surface area contributed by atoms with Gasteiger partial charge in [-0.05, 0) is 49.7 Å². The third-order valence-corrected chi connectivity index (χ3v) is 3.47. The fourth-order valence-electron chi connectivity index (χ4n) is 1.82. The van der Waals surface area contributed by atoms with Crippen LogP contribution in [0, 0.1) is 12.7 Å². The third-order valence-electron chi connectivity index (χ3n) is 2.98. The van der Waals surface area contributed by atoms with Crippen molar-refractivity contribution in [3.05, 3.63) is 63.4 Å². The minimum absolute atomic E-state index is 0.0126. The lowest BCUT2D eigenvalue weighted by Gasteiger charge is -2.10. The Morgan fingerprint density at radius 2 is 2.00 bits per heavy atom. The summed E-state index contributed by atoms with van der Waals surface area (Å²) in [4.78, 5) is 11.3. The van der Waals surface area contributed by atoms with Crippen molar-refractivity contribution in [3.8, 4) is 5.75 Å². The van der Waals surface area contributed by atoms with Gasteiger partial charge in [0.2, 0.25) is 0 Å². The molecule has 0 saturated carbocycles. The van der Waals surface area contributed by atoms with Gasteiger partial charge in [0, 0.05) is 15.6 Å². The van der Waals surface area contributed by atoms with E-state index in [0.717, 1.165) is 5.56 Å². The van der Waals surface area contributed by atoms with Crippen LogP contribution in [0.4, 0.5) is 4.39 Å². The average molecular weight is 337 g/mol. The zero-order chi connectivity index (χ0) is 14.7. The third kappa shape index (κ3) is 3.45. The Hall–Kier alpha value is -1.68. The van der Waals surface area contributed by atoms with Gasteiger partial charge in [0.1, 0.15) is 18.2 Å². The molecular formula is C16H14BrFO2. The van der Waals surface area contributed by atoms with E-state index in [0.29, 0.717) is 21.3 Å². The fourth-order valence-corrected chi connectivity index (χ4v) is 2.16. The largest absolute Gasteiger partial charge is 0.489 e. The second kappa shape index (κ2) is 6.18. The molecule has 2 aromatic carbocycles. The van der Waals surface area contributed by atoms with Crippen LogP contribution in [0.3, 0.4) is 0 Å². The fraction of sp³-hybridized carbons (Fsp3) is 0.188. The number of halogens is 2. The number of rotatable bonds is 4. The molecule has 0 bridgehead atoms. The van der Waals surface area contributed by atoms with Crippen LogP contribution in [0.15, 0.2) is 40.9 Å². The maximum Gasteiger partial charge on any atom is 0.159 e. The van der Waals surface area contributed by atoms with E-state index in [9.17, 15) is 9.18 Å². The molecule has 0 heterocycles. The van der Waals surface area contributed by atoms with Gasteiger partial charge in [0.05, 0.1) is 0 Å². The van der Waals surface area contributed by atoms with Crippen molar-refractivity contribution >= 4 is 21.7 Å². The first-order valence-electron chi connectivity index (χ1n) is 6.15. The van der Waals surface area contributed by atoms with Gasteiger partial charge in [0.25, 0.3) is 0 Å². The summed E-state index contributed by atoms with van der Waals surface area (Å²) in [5, 5.41) is 0. The minimum Gasteiger partial charge on any atom is -0.489 e. The van der Waals surface area contributed by atoms with Crippen LogP contribution in [0.1, 0.15) is 28.4 Å². The lowest BCUT2D eigenvalue weighted by atomic mass is 10.1. The maximum absolute atomic E-state index is 13.7. The Balaban J connectivity index is 2.13. The Bertz CT molecular complexity index is 653. The first-order valence-corrected chi connectivity index (χ1v) is 6.95. The summed E-state index contributed by atoms with van der Waals surface area (Å²) in [5.74, 6) is 0.355. The molecule has 0 radical (unpaired) electrons. The number of hydrogen-bond donors (Lipinski definition) is 0. The number of benzene rings is 2. The van der Waals surface area contributed by atoms with Gasteiger partial charge < -0.3 is 4.74 Å². The van der Waals surface area contributed by atoms with Crippen LogP contribution in [0.2, 0.25) is 0 Å². The molecule has 0 unspecified atom stereocenters. The molecule has 0 N–H and O–H groups in total. The second-order valence-corrected chi connectivity index (χ2v) is 5.48. The predicted molar refractivity (Wildman–Crippen MR) is 79.6 cm³/mol. The smallest absolute Gasteiger partial charge is 0.159 e. The van der Waals surface area contributed by atoms with E-state index >= 15 is 0 Å². The number of ether oxygens (including phenoxy) is 1. The molecule has 0 atom stereocenters. The van der Waals surface area contributed by atoms with E-state index in [1.54, 1.807) is 30.3 Å². The molecule has 0 fully saturated rings. The van der Waals surface area contributed by atoms with Gasteiger partial charge in [-0.1, -0.05) is 22.0 Å². The van der Waals surface area contributed by atoms with Crippen molar-refractivity contribution in [1.29, 1.82) is 0 Å². The quantitative estimate of drug-likeness (QED) is 0.758. The van der Waals surface area contributed by atoms with Crippen molar-refractivity contribution in [1.82, 2.24) is 0 Å².